The summed E-state index contributed by atoms with van der Waals surface area (Å²) >= 11 is 1.11. The topological polar surface area (TPSA) is 102 Å². The van der Waals surface area contributed by atoms with Crippen LogP contribution in [-0.2, 0) is 24.3 Å². The second-order valence-electron chi connectivity index (χ2n) is 6.75. The first-order valence-electron chi connectivity index (χ1n) is 9.01. The zero-order valence-electron chi connectivity index (χ0n) is 16.0. The van der Waals surface area contributed by atoms with Gasteiger partial charge in [0.05, 0.1) is 17.8 Å². The molecule has 1 aliphatic heterocycles. The number of anilines is 1. The number of benzene rings is 1. The van der Waals surface area contributed by atoms with E-state index in [9.17, 15) is 18.0 Å². The molecule has 0 radical (unpaired) electrons. The number of amides is 1. The lowest BCUT2D eigenvalue weighted by Gasteiger charge is -2.35. The zero-order valence-corrected chi connectivity index (χ0v) is 17.7. The molecule has 0 bridgehead atoms. The molecule has 156 valence electrons. The van der Waals surface area contributed by atoms with Crippen LogP contribution in [0.1, 0.15) is 24.2 Å². The summed E-state index contributed by atoms with van der Waals surface area (Å²) in [4.78, 5) is 26.1. The van der Waals surface area contributed by atoms with Gasteiger partial charge in [0.2, 0.25) is 0 Å². The molecule has 2 atom stereocenters. The third-order valence-corrected chi connectivity index (χ3v) is 7.01. The van der Waals surface area contributed by atoms with Crippen LogP contribution in [0.4, 0.5) is 5.69 Å². The Hall–Kier alpha value is -2.43. The zero-order chi connectivity index (χ0) is 21.0. The molecular weight excluding hydrogens is 416 g/mol. The first-order chi connectivity index (χ1) is 13.7. The van der Waals surface area contributed by atoms with Gasteiger partial charge in [-0.1, -0.05) is 6.07 Å². The monoisotopic (exact) mass is 438 g/mol. The van der Waals surface area contributed by atoms with Crippen LogP contribution < -0.4 is 4.72 Å². The number of esters is 1. The van der Waals surface area contributed by atoms with E-state index in [1.54, 1.807) is 16.3 Å². The van der Waals surface area contributed by atoms with Crippen molar-refractivity contribution >= 4 is 38.9 Å². The van der Waals surface area contributed by atoms with Crippen LogP contribution in [0.2, 0.25) is 0 Å². The molecular formula is C19H22N2O6S2. The Morgan fingerprint density at radius 1 is 1.17 bits per heavy atom. The van der Waals surface area contributed by atoms with Crippen molar-refractivity contribution in [2.24, 2.45) is 0 Å². The largest absolute Gasteiger partial charge is 0.452 e. The number of nitrogens with zero attached hydrogens (tertiary/aromatic N) is 1. The highest BCUT2D eigenvalue weighted by Crippen LogP contribution is 2.20. The minimum atomic E-state index is -3.65. The third-order valence-electron chi connectivity index (χ3n) is 4.23. The molecule has 2 aromatic rings. The number of sulfonamides is 1. The Bertz CT molecular complexity index is 947. The number of morpholine rings is 1. The Morgan fingerprint density at radius 2 is 1.83 bits per heavy atom. The van der Waals surface area contributed by atoms with Gasteiger partial charge in [-0.2, -0.15) is 0 Å². The van der Waals surface area contributed by atoms with E-state index in [0.29, 0.717) is 18.8 Å². The van der Waals surface area contributed by atoms with Crippen LogP contribution in [0.3, 0.4) is 0 Å². The smallest absolute Gasteiger partial charge is 0.338 e. The van der Waals surface area contributed by atoms with E-state index in [2.05, 4.69) is 4.72 Å². The Morgan fingerprint density at radius 3 is 2.41 bits per heavy atom. The van der Waals surface area contributed by atoms with E-state index in [1.165, 1.54) is 30.3 Å². The van der Waals surface area contributed by atoms with Crippen molar-refractivity contribution in [1.82, 2.24) is 4.90 Å². The number of hydrogen-bond acceptors (Lipinski definition) is 7. The van der Waals surface area contributed by atoms with Crippen LogP contribution in [0, 0.1) is 0 Å². The third kappa shape index (κ3) is 5.55. The first-order valence-corrected chi connectivity index (χ1v) is 11.4. The van der Waals surface area contributed by atoms with Crippen LogP contribution in [0.5, 0.6) is 0 Å². The number of hydrogen-bond donors (Lipinski definition) is 1. The summed E-state index contributed by atoms with van der Waals surface area (Å²) in [5, 5.41) is 1.67. The van der Waals surface area contributed by atoms with Gasteiger partial charge in [0.15, 0.2) is 6.61 Å². The van der Waals surface area contributed by atoms with Gasteiger partial charge in [0.25, 0.3) is 15.9 Å². The maximum Gasteiger partial charge on any atom is 0.338 e. The quantitative estimate of drug-likeness (QED) is 0.695. The normalized spacial score (nSPS) is 19.6. The molecule has 0 spiro atoms. The molecule has 1 amide bonds. The Kier molecular flexibility index (Phi) is 6.56. The molecule has 1 aliphatic rings. The fourth-order valence-electron chi connectivity index (χ4n) is 2.98. The number of nitrogens with one attached hydrogen (secondary N) is 1. The minimum absolute atomic E-state index is 0.0658. The molecule has 3 rings (SSSR count). The molecule has 1 saturated heterocycles. The van der Waals surface area contributed by atoms with Gasteiger partial charge in [-0.3, -0.25) is 9.52 Å². The fraction of sp³-hybridized carbons (Fsp3) is 0.368. The Balaban J connectivity index is 1.54. The molecule has 8 nitrogen and oxygen atoms in total. The molecule has 0 unspecified atom stereocenters. The van der Waals surface area contributed by atoms with E-state index in [-0.39, 0.29) is 34.5 Å². The van der Waals surface area contributed by atoms with Gasteiger partial charge in [-0.25, -0.2) is 13.2 Å². The summed E-state index contributed by atoms with van der Waals surface area (Å²) in [6.45, 7) is 4.33. The van der Waals surface area contributed by atoms with Crippen molar-refractivity contribution in [2.75, 3.05) is 24.4 Å². The average Bonchev–Trinajstić information content (AvgIpc) is 3.21. The van der Waals surface area contributed by atoms with Gasteiger partial charge < -0.3 is 14.4 Å². The minimum Gasteiger partial charge on any atom is -0.452 e. The van der Waals surface area contributed by atoms with E-state index in [4.69, 9.17) is 9.47 Å². The number of carbonyl (C=O) groups is 2. The first kappa shape index (κ1) is 21.3. The SMILES string of the molecule is C[C@H]1CN(C(=O)COC(=O)c2ccc(NS(=O)(=O)c3cccs3)cc2)C[C@H](C)O1. The number of ether oxygens (including phenoxy) is 2. The van der Waals surface area contributed by atoms with Crippen LogP contribution in [-0.4, -0.2) is 57.1 Å². The second kappa shape index (κ2) is 8.93. The second-order valence-corrected chi connectivity index (χ2v) is 9.60. The lowest BCUT2D eigenvalue weighted by atomic mass is 10.2. The van der Waals surface area contributed by atoms with Crippen molar-refractivity contribution in [3.63, 3.8) is 0 Å². The molecule has 1 aromatic heterocycles. The predicted octanol–water partition coefficient (Wildman–Crippen LogP) is 2.34. The lowest BCUT2D eigenvalue weighted by molar-refractivity contribution is -0.146. The summed E-state index contributed by atoms with van der Waals surface area (Å²) in [7, 11) is -3.65. The average molecular weight is 439 g/mol. The predicted molar refractivity (Wildman–Crippen MR) is 108 cm³/mol. The summed E-state index contributed by atoms with van der Waals surface area (Å²) in [6, 6.07) is 8.98. The van der Waals surface area contributed by atoms with Crippen molar-refractivity contribution in [2.45, 2.75) is 30.3 Å². The maximum absolute atomic E-state index is 12.3. The van der Waals surface area contributed by atoms with Gasteiger partial charge in [-0.15, -0.1) is 11.3 Å². The molecule has 1 N–H and O–H groups in total. The van der Waals surface area contributed by atoms with Gasteiger partial charge in [0, 0.05) is 18.8 Å². The summed E-state index contributed by atoms with van der Waals surface area (Å²) in [6.07, 6.45) is -0.132. The highest BCUT2D eigenvalue weighted by atomic mass is 32.2. The van der Waals surface area contributed by atoms with Gasteiger partial charge in [0.1, 0.15) is 4.21 Å². The molecule has 10 heteroatoms. The van der Waals surface area contributed by atoms with E-state index >= 15 is 0 Å². The van der Waals surface area contributed by atoms with Crippen molar-refractivity contribution in [3.8, 4) is 0 Å². The summed E-state index contributed by atoms with van der Waals surface area (Å²) < 4.78 is 37.8. The molecule has 29 heavy (non-hydrogen) atoms. The van der Waals surface area contributed by atoms with Crippen molar-refractivity contribution < 1.29 is 27.5 Å². The Labute approximate surface area is 173 Å². The number of rotatable bonds is 6. The molecule has 1 fully saturated rings. The van der Waals surface area contributed by atoms with Crippen LogP contribution in [0.25, 0.3) is 0 Å². The number of thiophene rings is 1. The standard InChI is InChI=1S/C19H22N2O6S2/c1-13-10-21(11-14(2)27-13)17(22)12-26-19(23)15-5-7-16(8-6-15)20-29(24,25)18-4-3-9-28-18/h3-9,13-14,20H,10-12H2,1-2H3/t13-,14-/m0/s1. The molecule has 0 aliphatic carbocycles. The van der Waals surface area contributed by atoms with E-state index in [0.717, 1.165) is 11.3 Å². The molecule has 2 heterocycles. The van der Waals surface area contributed by atoms with Crippen molar-refractivity contribution in [1.29, 1.82) is 0 Å². The van der Waals surface area contributed by atoms with E-state index in [1.807, 2.05) is 13.8 Å². The van der Waals surface area contributed by atoms with Gasteiger partial charge >= 0.3 is 5.97 Å². The summed E-state index contributed by atoms with van der Waals surface area (Å²) in [5.74, 6) is -0.930. The van der Waals surface area contributed by atoms with E-state index < -0.39 is 16.0 Å². The maximum atomic E-state index is 12.3. The van der Waals surface area contributed by atoms with Gasteiger partial charge in [-0.05, 0) is 49.6 Å². The molecule has 1 aromatic carbocycles. The highest BCUT2D eigenvalue weighted by molar-refractivity contribution is 7.94. The fourth-order valence-corrected chi connectivity index (χ4v) is 5.03. The highest BCUT2D eigenvalue weighted by Gasteiger charge is 2.26. The molecule has 0 saturated carbocycles. The van der Waals surface area contributed by atoms with Crippen molar-refractivity contribution in [3.05, 3.63) is 47.3 Å². The summed E-state index contributed by atoms with van der Waals surface area (Å²) in [5.41, 5.74) is 0.544. The van der Waals surface area contributed by atoms with Crippen LogP contribution >= 0.6 is 11.3 Å². The van der Waals surface area contributed by atoms with Crippen LogP contribution in [0.15, 0.2) is 46.0 Å². The number of carbonyl (C=O) groups excluding carboxylic acids is 2. The lowest BCUT2D eigenvalue weighted by Crippen LogP contribution is -2.49.